The smallest absolute Gasteiger partial charge is 0.254 e. The van der Waals surface area contributed by atoms with E-state index in [9.17, 15) is 4.79 Å². The molecule has 0 spiro atoms. The van der Waals surface area contributed by atoms with Crippen LogP contribution in [0.2, 0.25) is 0 Å². The highest BCUT2D eigenvalue weighted by atomic mass is 35.5. The molecule has 1 aromatic rings. The van der Waals surface area contributed by atoms with E-state index in [1.807, 2.05) is 24.0 Å². The number of rotatable bonds is 7. The largest absolute Gasteiger partial charge is 0.493 e. The fourth-order valence-electron chi connectivity index (χ4n) is 3.05. The van der Waals surface area contributed by atoms with E-state index in [4.69, 9.17) is 9.47 Å². The zero-order chi connectivity index (χ0) is 16.7. The summed E-state index contributed by atoms with van der Waals surface area (Å²) in [4.78, 5) is 15.0. The molecule has 1 N–H and O–H groups in total. The van der Waals surface area contributed by atoms with E-state index in [1.165, 1.54) is 0 Å². The summed E-state index contributed by atoms with van der Waals surface area (Å²) in [5, 5.41) is 3.36. The van der Waals surface area contributed by atoms with Crippen molar-refractivity contribution >= 4 is 18.3 Å². The molecule has 1 aliphatic heterocycles. The minimum Gasteiger partial charge on any atom is -0.493 e. The van der Waals surface area contributed by atoms with Crippen molar-refractivity contribution in [1.29, 1.82) is 0 Å². The normalized spacial score (nSPS) is 14.6. The maximum absolute atomic E-state index is 13.0. The highest BCUT2D eigenvalue weighted by molar-refractivity contribution is 5.95. The van der Waals surface area contributed by atoms with Crippen LogP contribution in [0.1, 0.15) is 43.5 Å². The molecule has 1 fully saturated rings. The highest BCUT2D eigenvalue weighted by Crippen LogP contribution is 2.29. The number of amides is 1. The zero-order valence-electron chi connectivity index (χ0n) is 14.8. The minimum absolute atomic E-state index is 0. The lowest BCUT2D eigenvalue weighted by Gasteiger charge is -2.34. The van der Waals surface area contributed by atoms with Gasteiger partial charge < -0.3 is 19.7 Å². The Kier molecular flexibility index (Phi) is 8.93. The number of nitrogens with one attached hydrogen (secondary N) is 1. The second-order valence-electron chi connectivity index (χ2n) is 5.78. The third kappa shape index (κ3) is 5.02. The van der Waals surface area contributed by atoms with Crippen LogP contribution in [0.3, 0.4) is 0 Å². The summed E-state index contributed by atoms with van der Waals surface area (Å²) in [5.41, 5.74) is 0.664. The predicted octanol–water partition coefficient (Wildman–Crippen LogP) is 3.12. The van der Waals surface area contributed by atoms with Crippen LogP contribution in [0.5, 0.6) is 11.5 Å². The number of hydrogen-bond acceptors (Lipinski definition) is 4. The lowest BCUT2D eigenvalue weighted by molar-refractivity contribution is 0.0642. The summed E-state index contributed by atoms with van der Waals surface area (Å²) in [6.45, 7) is 7.36. The minimum atomic E-state index is 0. The van der Waals surface area contributed by atoms with Gasteiger partial charge in [-0.15, -0.1) is 12.4 Å². The lowest BCUT2D eigenvalue weighted by atomic mass is 10.0. The molecule has 0 saturated carbocycles. The van der Waals surface area contributed by atoms with Crippen LogP contribution in [0.15, 0.2) is 18.2 Å². The van der Waals surface area contributed by atoms with Crippen molar-refractivity contribution in [3.8, 4) is 11.5 Å². The van der Waals surface area contributed by atoms with Crippen molar-refractivity contribution < 1.29 is 14.3 Å². The Hall–Kier alpha value is -1.46. The molecule has 24 heavy (non-hydrogen) atoms. The quantitative estimate of drug-likeness (QED) is 0.815. The second kappa shape index (κ2) is 10.4. The van der Waals surface area contributed by atoms with Crippen LogP contribution >= 0.6 is 12.4 Å². The first-order valence-electron chi connectivity index (χ1n) is 8.53. The number of ether oxygens (including phenoxy) is 2. The SMILES string of the molecule is CCCN(C(=O)c1ccc(OCC)c(OC)c1)C1CCNCC1.Cl. The maximum Gasteiger partial charge on any atom is 0.254 e. The van der Waals surface area contributed by atoms with Crippen LogP contribution < -0.4 is 14.8 Å². The van der Waals surface area contributed by atoms with Gasteiger partial charge in [-0.05, 0) is 57.5 Å². The number of nitrogens with zero attached hydrogens (tertiary/aromatic N) is 1. The first-order valence-corrected chi connectivity index (χ1v) is 8.53. The first-order chi connectivity index (χ1) is 11.2. The Morgan fingerprint density at radius 1 is 1.25 bits per heavy atom. The van der Waals surface area contributed by atoms with E-state index in [0.717, 1.165) is 38.9 Å². The number of carbonyl (C=O) groups is 1. The van der Waals surface area contributed by atoms with Crippen LogP contribution in [-0.2, 0) is 0 Å². The van der Waals surface area contributed by atoms with Gasteiger partial charge in [0, 0.05) is 18.2 Å². The lowest BCUT2D eigenvalue weighted by Crippen LogP contribution is -2.46. The molecule has 2 rings (SSSR count). The van der Waals surface area contributed by atoms with Gasteiger partial charge in [-0.1, -0.05) is 6.92 Å². The Morgan fingerprint density at radius 2 is 1.96 bits per heavy atom. The van der Waals surface area contributed by atoms with Crippen LogP contribution in [-0.4, -0.2) is 50.2 Å². The molecule has 0 atom stereocenters. The van der Waals surface area contributed by atoms with Crippen molar-refractivity contribution in [1.82, 2.24) is 10.2 Å². The number of carbonyl (C=O) groups excluding carboxylic acids is 1. The van der Waals surface area contributed by atoms with Crippen LogP contribution in [0.25, 0.3) is 0 Å². The summed E-state index contributed by atoms with van der Waals surface area (Å²) in [7, 11) is 1.60. The van der Waals surface area contributed by atoms with Crippen LogP contribution in [0, 0.1) is 0 Å². The number of hydrogen-bond donors (Lipinski definition) is 1. The van der Waals surface area contributed by atoms with Gasteiger partial charge in [0.2, 0.25) is 0 Å². The Bertz CT molecular complexity index is 519. The van der Waals surface area contributed by atoms with E-state index in [-0.39, 0.29) is 18.3 Å². The molecular weight excluding hydrogens is 328 g/mol. The predicted molar refractivity (Wildman–Crippen MR) is 98.6 cm³/mol. The van der Waals surface area contributed by atoms with E-state index >= 15 is 0 Å². The molecule has 1 amide bonds. The Labute approximate surface area is 151 Å². The average Bonchev–Trinajstić information content (AvgIpc) is 2.60. The van der Waals surface area contributed by atoms with Crippen molar-refractivity contribution in [3.63, 3.8) is 0 Å². The molecule has 1 saturated heterocycles. The van der Waals surface area contributed by atoms with Gasteiger partial charge in [-0.25, -0.2) is 0 Å². The Balaban J connectivity index is 0.00000288. The van der Waals surface area contributed by atoms with Crippen molar-refractivity contribution in [3.05, 3.63) is 23.8 Å². The van der Waals surface area contributed by atoms with Crippen molar-refractivity contribution in [2.24, 2.45) is 0 Å². The van der Waals surface area contributed by atoms with Gasteiger partial charge in [0.15, 0.2) is 11.5 Å². The fraction of sp³-hybridized carbons (Fsp3) is 0.611. The van der Waals surface area contributed by atoms with E-state index in [1.54, 1.807) is 13.2 Å². The number of piperidine rings is 1. The molecule has 0 unspecified atom stereocenters. The van der Waals surface area contributed by atoms with E-state index in [0.29, 0.717) is 29.7 Å². The number of methoxy groups -OCH3 is 1. The fourth-order valence-corrected chi connectivity index (χ4v) is 3.05. The molecule has 1 aromatic carbocycles. The topological polar surface area (TPSA) is 50.8 Å². The van der Waals surface area contributed by atoms with E-state index < -0.39 is 0 Å². The third-order valence-electron chi connectivity index (χ3n) is 4.19. The molecule has 6 heteroatoms. The molecule has 0 aromatic heterocycles. The summed E-state index contributed by atoms with van der Waals surface area (Å²) >= 11 is 0. The summed E-state index contributed by atoms with van der Waals surface area (Å²) < 4.78 is 10.9. The molecular formula is C18H29ClN2O3. The van der Waals surface area contributed by atoms with Crippen molar-refractivity contribution in [2.75, 3.05) is 33.4 Å². The van der Waals surface area contributed by atoms with Gasteiger partial charge in [-0.3, -0.25) is 4.79 Å². The average molecular weight is 357 g/mol. The molecule has 5 nitrogen and oxygen atoms in total. The highest BCUT2D eigenvalue weighted by Gasteiger charge is 2.26. The van der Waals surface area contributed by atoms with Crippen LogP contribution in [0.4, 0.5) is 0 Å². The number of benzene rings is 1. The van der Waals surface area contributed by atoms with Gasteiger partial charge in [-0.2, -0.15) is 0 Å². The second-order valence-corrected chi connectivity index (χ2v) is 5.78. The van der Waals surface area contributed by atoms with Gasteiger partial charge in [0.25, 0.3) is 5.91 Å². The zero-order valence-corrected chi connectivity index (χ0v) is 15.7. The summed E-state index contributed by atoms with van der Waals surface area (Å²) in [5.74, 6) is 1.37. The molecule has 136 valence electrons. The number of halogens is 1. The molecule has 1 heterocycles. The standard InChI is InChI=1S/C18H28N2O3.ClH/c1-4-12-20(15-8-10-19-11-9-15)18(21)14-6-7-16(23-5-2)17(13-14)22-3;/h6-7,13,15,19H,4-5,8-12H2,1-3H3;1H. The van der Waals surface area contributed by atoms with E-state index in [2.05, 4.69) is 12.2 Å². The Morgan fingerprint density at radius 3 is 2.54 bits per heavy atom. The monoisotopic (exact) mass is 356 g/mol. The summed E-state index contributed by atoms with van der Waals surface area (Å²) in [6.07, 6.45) is 2.99. The van der Waals surface area contributed by atoms with Gasteiger partial charge in [0.1, 0.15) is 0 Å². The molecule has 0 aliphatic carbocycles. The first kappa shape index (κ1) is 20.6. The van der Waals surface area contributed by atoms with Gasteiger partial charge >= 0.3 is 0 Å². The third-order valence-corrected chi connectivity index (χ3v) is 4.19. The molecule has 1 aliphatic rings. The summed E-state index contributed by atoms with van der Waals surface area (Å²) in [6, 6.07) is 5.76. The van der Waals surface area contributed by atoms with Crippen molar-refractivity contribution in [2.45, 2.75) is 39.2 Å². The molecule has 0 radical (unpaired) electrons. The van der Waals surface area contributed by atoms with Gasteiger partial charge in [0.05, 0.1) is 13.7 Å². The molecule has 0 bridgehead atoms. The maximum atomic E-state index is 13.0.